The topological polar surface area (TPSA) is 66.8 Å². The zero-order chi connectivity index (χ0) is 14.4. The number of likely N-dealkylation sites (N-methyl/N-ethyl adjacent to an activating group) is 1. The number of esters is 1. The summed E-state index contributed by atoms with van der Waals surface area (Å²) in [6.45, 7) is 3.68. The Bertz CT molecular complexity index is 457. The van der Waals surface area contributed by atoms with E-state index in [-0.39, 0.29) is 25.2 Å². The number of aliphatic hydroxyl groups is 1. The first kappa shape index (κ1) is 15.2. The molecule has 0 saturated heterocycles. The molecule has 0 fully saturated rings. The fraction of sp³-hybridized carbons (Fsp3) is 0.429. The minimum absolute atomic E-state index is 0.0999. The molecule has 0 spiro atoms. The van der Waals surface area contributed by atoms with Crippen molar-refractivity contribution in [2.24, 2.45) is 0 Å². The van der Waals surface area contributed by atoms with Crippen molar-refractivity contribution in [1.29, 1.82) is 0 Å². The van der Waals surface area contributed by atoms with Crippen LogP contribution in [0.3, 0.4) is 0 Å². The number of carbonyl (C=O) groups is 2. The number of rotatable bonds is 5. The van der Waals surface area contributed by atoms with E-state index in [1.807, 2.05) is 0 Å². The molecule has 0 atom stereocenters. The van der Waals surface area contributed by atoms with Gasteiger partial charge in [0.1, 0.15) is 0 Å². The summed E-state index contributed by atoms with van der Waals surface area (Å²) < 4.78 is 5.08. The standard InChI is InChI=1S/C14H19NO4/c1-10(2)19-14(18)12-6-4-5-11(9-12)13(17)15(3)7-8-16/h4-6,9-10,16H,7-8H2,1-3H3. The molecule has 5 nitrogen and oxygen atoms in total. The Hall–Kier alpha value is -1.88. The van der Waals surface area contributed by atoms with Crippen molar-refractivity contribution in [2.75, 3.05) is 20.2 Å². The third-order valence-electron chi connectivity index (χ3n) is 2.47. The summed E-state index contributed by atoms with van der Waals surface area (Å²) in [4.78, 5) is 25.1. The van der Waals surface area contributed by atoms with Gasteiger partial charge in [0.05, 0.1) is 18.3 Å². The molecule has 104 valence electrons. The molecule has 1 amide bonds. The molecule has 1 N–H and O–H groups in total. The first-order valence-corrected chi connectivity index (χ1v) is 6.13. The molecule has 0 aliphatic rings. The summed E-state index contributed by atoms with van der Waals surface area (Å²) in [7, 11) is 1.59. The molecule has 0 aliphatic heterocycles. The molecule has 0 bridgehead atoms. The number of benzene rings is 1. The third kappa shape index (κ3) is 4.37. The number of amides is 1. The van der Waals surface area contributed by atoms with Gasteiger partial charge >= 0.3 is 5.97 Å². The second-order valence-corrected chi connectivity index (χ2v) is 4.49. The van der Waals surface area contributed by atoms with Crippen molar-refractivity contribution in [1.82, 2.24) is 4.90 Å². The minimum atomic E-state index is -0.450. The van der Waals surface area contributed by atoms with E-state index in [1.165, 1.54) is 11.0 Å². The first-order chi connectivity index (χ1) is 8.95. The molecule has 0 aliphatic carbocycles. The van der Waals surface area contributed by atoms with Gasteiger partial charge in [-0.1, -0.05) is 6.07 Å². The van der Waals surface area contributed by atoms with Crippen molar-refractivity contribution in [3.8, 4) is 0 Å². The van der Waals surface area contributed by atoms with Gasteiger partial charge in [-0.05, 0) is 32.0 Å². The van der Waals surface area contributed by atoms with Crippen LogP contribution in [0.25, 0.3) is 0 Å². The quantitative estimate of drug-likeness (QED) is 0.815. The van der Waals surface area contributed by atoms with Crippen molar-refractivity contribution >= 4 is 11.9 Å². The molecule has 0 saturated carbocycles. The summed E-state index contributed by atoms with van der Waals surface area (Å²) in [6, 6.07) is 6.37. The predicted octanol–water partition coefficient (Wildman–Crippen LogP) is 1.32. The van der Waals surface area contributed by atoms with Crippen LogP contribution in [0.5, 0.6) is 0 Å². The van der Waals surface area contributed by atoms with E-state index < -0.39 is 5.97 Å². The van der Waals surface area contributed by atoms with E-state index in [4.69, 9.17) is 9.84 Å². The Kier molecular flexibility index (Phi) is 5.51. The normalized spacial score (nSPS) is 10.4. The molecule has 0 radical (unpaired) electrons. The van der Waals surface area contributed by atoms with E-state index in [2.05, 4.69) is 0 Å². The molecular weight excluding hydrogens is 246 g/mol. The monoisotopic (exact) mass is 265 g/mol. The van der Waals surface area contributed by atoms with Gasteiger partial charge in [0, 0.05) is 19.2 Å². The van der Waals surface area contributed by atoms with Crippen LogP contribution in [0.4, 0.5) is 0 Å². The van der Waals surface area contributed by atoms with E-state index in [0.29, 0.717) is 11.1 Å². The van der Waals surface area contributed by atoms with Crippen LogP contribution in [0.15, 0.2) is 24.3 Å². The summed E-state index contributed by atoms with van der Waals surface area (Å²) >= 11 is 0. The van der Waals surface area contributed by atoms with Crippen LogP contribution in [0.2, 0.25) is 0 Å². The summed E-state index contributed by atoms with van der Waals surface area (Å²) in [5.41, 5.74) is 0.742. The van der Waals surface area contributed by atoms with Gasteiger partial charge in [0.15, 0.2) is 0 Å². The maximum atomic E-state index is 12.0. The van der Waals surface area contributed by atoms with Gasteiger partial charge in [0.2, 0.25) is 0 Å². The fourth-order valence-corrected chi connectivity index (χ4v) is 1.53. The fourth-order valence-electron chi connectivity index (χ4n) is 1.53. The van der Waals surface area contributed by atoms with Crippen LogP contribution in [-0.2, 0) is 4.74 Å². The van der Waals surface area contributed by atoms with Gasteiger partial charge in [0.25, 0.3) is 5.91 Å². The predicted molar refractivity (Wildman–Crippen MR) is 71.0 cm³/mol. The highest BCUT2D eigenvalue weighted by Gasteiger charge is 2.15. The van der Waals surface area contributed by atoms with Crippen LogP contribution >= 0.6 is 0 Å². The largest absolute Gasteiger partial charge is 0.459 e. The number of hydrogen-bond donors (Lipinski definition) is 1. The van der Waals surface area contributed by atoms with Gasteiger partial charge < -0.3 is 14.7 Å². The van der Waals surface area contributed by atoms with E-state index in [9.17, 15) is 9.59 Å². The van der Waals surface area contributed by atoms with Crippen molar-refractivity contribution in [3.63, 3.8) is 0 Å². The Morgan fingerprint density at radius 3 is 2.53 bits per heavy atom. The van der Waals surface area contributed by atoms with Crippen molar-refractivity contribution < 1.29 is 19.4 Å². The maximum absolute atomic E-state index is 12.0. The highest BCUT2D eigenvalue weighted by molar-refractivity contribution is 5.97. The Morgan fingerprint density at radius 1 is 1.32 bits per heavy atom. The molecule has 0 heterocycles. The zero-order valence-electron chi connectivity index (χ0n) is 11.4. The second-order valence-electron chi connectivity index (χ2n) is 4.49. The van der Waals surface area contributed by atoms with Crippen molar-refractivity contribution in [3.05, 3.63) is 35.4 Å². The number of aliphatic hydroxyl groups excluding tert-OH is 1. The number of carbonyl (C=O) groups excluding carboxylic acids is 2. The Labute approximate surface area is 112 Å². The molecule has 1 aromatic rings. The SMILES string of the molecule is CC(C)OC(=O)c1cccc(C(=O)N(C)CCO)c1. The van der Waals surface area contributed by atoms with E-state index >= 15 is 0 Å². The number of ether oxygens (including phenoxy) is 1. The van der Waals surface area contributed by atoms with E-state index in [1.54, 1.807) is 39.1 Å². The molecule has 1 aromatic carbocycles. The molecule has 0 aromatic heterocycles. The lowest BCUT2D eigenvalue weighted by molar-refractivity contribution is 0.0378. The minimum Gasteiger partial charge on any atom is -0.459 e. The highest BCUT2D eigenvalue weighted by atomic mass is 16.5. The van der Waals surface area contributed by atoms with Crippen molar-refractivity contribution in [2.45, 2.75) is 20.0 Å². The molecule has 19 heavy (non-hydrogen) atoms. The van der Waals surface area contributed by atoms with Crippen LogP contribution in [0.1, 0.15) is 34.6 Å². The lowest BCUT2D eigenvalue weighted by atomic mass is 10.1. The Balaban J connectivity index is 2.88. The number of nitrogens with zero attached hydrogens (tertiary/aromatic N) is 1. The zero-order valence-corrected chi connectivity index (χ0v) is 11.4. The third-order valence-corrected chi connectivity index (χ3v) is 2.47. The lowest BCUT2D eigenvalue weighted by Gasteiger charge is -2.16. The lowest BCUT2D eigenvalue weighted by Crippen LogP contribution is -2.29. The highest BCUT2D eigenvalue weighted by Crippen LogP contribution is 2.10. The van der Waals surface area contributed by atoms with Gasteiger partial charge in [-0.25, -0.2) is 4.79 Å². The van der Waals surface area contributed by atoms with Gasteiger partial charge in [-0.3, -0.25) is 4.79 Å². The second kappa shape index (κ2) is 6.89. The molecule has 0 unspecified atom stereocenters. The van der Waals surface area contributed by atoms with Gasteiger partial charge in [-0.15, -0.1) is 0 Å². The molecule has 1 rings (SSSR count). The molecular formula is C14H19NO4. The summed E-state index contributed by atoms with van der Waals surface area (Å²) in [6.07, 6.45) is -0.205. The van der Waals surface area contributed by atoms with Crippen LogP contribution < -0.4 is 0 Å². The maximum Gasteiger partial charge on any atom is 0.338 e. The smallest absolute Gasteiger partial charge is 0.338 e. The van der Waals surface area contributed by atoms with Crippen LogP contribution in [0, 0.1) is 0 Å². The average Bonchev–Trinajstić information content (AvgIpc) is 2.37. The Morgan fingerprint density at radius 2 is 1.95 bits per heavy atom. The first-order valence-electron chi connectivity index (χ1n) is 6.13. The summed E-state index contributed by atoms with van der Waals surface area (Å²) in [5.74, 6) is -0.692. The number of hydrogen-bond acceptors (Lipinski definition) is 4. The van der Waals surface area contributed by atoms with Gasteiger partial charge in [-0.2, -0.15) is 0 Å². The average molecular weight is 265 g/mol. The molecule has 5 heteroatoms. The van der Waals surface area contributed by atoms with Crippen LogP contribution in [-0.4, -0.2) is 48.2 Å². The summed E-state index contributed by atoms with van der Waals surface area (Å²) in [5, 5.41) is 8.81. The van der Waals surface area contributed by atoms with E-state index in [0.717, 1.165) is 0 Å².